The number of unbranched alkanes of at least 4 members (excludes halogenated alkanes) is 1. The molecule has 3 aromatic rings. The van der Waals surface area contributed by atoms with Gasteiger partial charge in [0.05, 0.1) is 40.5 Å². The number of nitrogens with one attached hydrogen (secondary N) is 2. The molecular formula is C27H37Cl3N5OS+. The highest BCUT2D eigenvalue weighted by atomic mass is 35.5. The molecule has 0 aliphatic carbocycles. The average molecular weight is 586 g/mol. The van der Waals surface area contributed by atoms with E-state index in [2.05, 4.69) is 64.2 Å². The van der Waals surface area contributed by atoms with Crippen molar-refractivity contribution in [3.63, 3.8) is 0 Å². The van der Waals surface area contributed by atoms with Gasteiger partial charge in [-0.15, -0.1) is 37.2 Å². The number of quaternary nitrogens is 1. The van der Waals surface area contributed by atoms with Crippen LogP contribution < -0.4 is 10.6 Å². The monoisotopic (exact) mass is 584 g/mol. The molecule has 2 N–H and O–H groups in total. The molecule has 1 amide bonds. The SMILES string of the molecule is C[C@@H]1CNC[C@H](C)[N+]1(CCCCNC(=O)C1=Cc2cnc3cccc(n23)S1)Cc1ccccc1.Cl.Cl.Cl. The maximum atomic E-state index is 12.9. The first-order chi connectivity index (χ1) is 16.6. The van der Waals surface area contributed by atoms with Gasteiger partial charge in [0.15, 0.2) is 0 Å². The molecular weight excluding hydrogens is 549 g/mol. The zero-order chi connectivity index (χ0) is 23.5. The molecule has 4 heterocycles. The number of carbonyl (C=O) groups excluding carboxylic acids is 1. The second-order valence-electron chi connectivity index (χ2n) is 9.64. The maximum Gasteiger partial charge on any atom is 0.258 e. The van der Waals surface area contributed by atoms with E-state index in [0.29, 0.717) is 18.6 Å². The molecule has 2 aliphatic heterocycles. The van der Waals surface area contributed by atoms with Crippen molar-refractivity contribution in [2.24, 2.45) is 0 Å². The van der Waals surface area contributed by atoms with Crippen molar-refractivity contribution < 1.29 is 9.28 Å². The number of rotatable bonds is 8. The summed E-state index contributed by atoms with van der Waals surface area (Å²) in [4.78, 5) is 18.0. The Bertz CT molecular complexity index is 1190. The van der Waals surface area contributed by atoms with E-state index in [1.54, 1.807) is 0 Å². The van der Waals surface area contributed by atoms with Crippen LogP contribution >= 0.6 is 49.0 Å². The predicted octanol–water partition coefficient (Wildman–Crippen LogP) is 5.34. The van der Waals surface area contributed by atoms with Crippen LogP contribution in [0.15, 0.2) is 64.7 Å². The van der Waals surface area contributed by atoms with Gasteiger partial charge in [-0.2, -0.15) is 0 Å². The van der Waals surface area contributed by atoms with Crippen LogP contribution in [0.1, 0.15) is 37.9 Å². The molecule has 0 saturated carbocycles. The van der Waals surface area contributed by atoms with Gasteiger partial charge in [0.2, 0.25) is 0 Å². The zero-order valence-electron chi connectivity index (χ0n) is 21.3. The van der Waals surface area contributed by atoms with Gasteiger partial charge in [-0.1, -0.05) is 48.2 Å². The minimum absolute atomic E-state index is 0. The number of halogens is 3. The number of aromatic nitrogens is 2. The lowest BCUT2D eigenvalue weighted by Crippen LogP contribution is -2.68. The first-order valence-electron chi connectivity index (χ1n) is 12.3. The van der Waals surface area contributed by atoms with E-state index in [0.717, 1.165) is 64.8 Å². The Morgan fingerprint density at radius 1 is 1.05 bits per heavy atom. The number of nitrogens with zero attached hydrogens (tertiary/aromatic N) is 3. The third-order valence-corrected chi connectivity index (χ3v) is 8.53. The molecule has 0 spiro atoms. The Hall–Kier alpha value is -1.74. The Morgan fingerprint density at radius 2 is 1.78 bits per heavy atom. The number of hydrogen-bond donors (Lipinski definition) is 2. The number of imidazole rings is 1. The minimum atomic E-state index is 0. The third kappa shape index (κ3) is 6.64. The van der Waals surface area contributed by atoms with E-state index in [1.165, 1.54) is 17.3 Å². The lowest BCUT2D eigenvalue weighted by atomic mass is 10.00. The summed E-state index contributed by atoms with van der Waals surface area (Å²) in [7, 11) is 0. The minimum Gasteiger partial charge on any atom is -0.352 e. The molecule has 1 unspecified atom stereocenters. The summed E-state index contributed by atoms with van der Waals surface area (Å²) < 4.78 is 3.20. The van der Waals surface area contributed by atoms with Gasteiger partial charge in [0.25, 0.3) is 5.91 Å². The van der Waals surface area contributed by atoms with Crippen LogP contribution in [-0.2, 0) is 11.3 Å². The van der Waals surface area contributed by atoms with E-state index >= 15 is 0 Å². The van der Waals surface area contributed by atoms with Crippen LogP contribution in [0.25, 0.3) is 11.7 Å². The van der Waals surface area contributed by atoms with Crippen LogP contribution in [0.3, 0.4) is 0 Å². The number of carbonyl (C=O) groups is 1. The van der Waals surface area contributed by atoms with Gasteiger partial charge >= 0.3 is 0 Å². The summed E-state index contributed by atoms with van der Waals surface area (Å²) in [5.41, 5.74) is 3.29. The van der Waals surface area contributed by atoms with Crippen LogP contribution in [0.5, 0.6) is 0 Å². The predicted molar refractivity (Wildman–Crippen MR) is 160 cm³/mol. The van der Waals surface area contributed by atoms with E-state index in [9.17, 15) is 4.79 Å². The number of thioether (sulfide) groups is 1. The quantitative estimate of drug-likeness (QED) is 0.277. The van der Waals surface area contributed by atoms with Crippen LogP contribution in [-0.4, -0.2) is 58.0 Å². The van der Waals surface area contributed by atoms with Gasteiger partial charge in [0.1, 0.15) is 12.2 Å². The van der Waals surface area contributed by atoms with Crippen molar-refractivity contribution in [3.8, 4) is 0 Å². The zero-order valence-corrected chi connectivity index (χ0v) is 24.5. The second kappa shape index (κ2) is 13.9. The van der Waals surface area contributed by atoms with E-state index in [-0.39, 0.29) is 43.1 Å². The molecule has 37 heavy (non-hydrogen) atoms. The smallest absolute Gasteiger partial charge is 0.258 e. The van der Waals surface area contributed by atoms with Gasteiger partial charge < -0.3 is 15.1 Å². The molecule has 0 radical (unpaired) electrons. The van der Waals surface area contributed by atoms with Crippen molar-refractivity contribution in [1.29, 1.82) is 0 Å². The number of piperazine rings is 1. The molecule has 2 aromatic heterocycles. The number of amides is 1. The third-order valence-electron chi connectivity index (χ3n) is 7.48. The topological polar surface area (TPSA) is 58.4 Å². The van der Waals surface area contributed by atoms with Crippen molar-refractivity contribution in [2.45, 2.75) is 50.3 Å². The summed E-state index contributed by atoms with van der Waals surface area (Å²) in [5, 5.41) is 7.79. The van der Waals surface area contributed by atoms with Crippen LogP contribution in [0.4, 0.5) is 0 Å². The van der Waals surface area contributed by atoms with E-state index in [1.807, 2.05) is 30.5 Å². The fourth-order valence-corrected chi connectivity index (χ4v) is 6.48. The Kier molecular flexibility index (Phi) is 11.8. The molecule has 6 nitrogen and oxygen atoms in total. The van der Waals surface area contributed by atoms with Crippen molar-refractivity contribution in [2.75, 3.05) is 26.2 Å². The molecule has 1 saturated heterocycles. The average Bonchev–Trinajstić information content (AvgIpc) is 3.27. The molecule has 3 atom stereocenters. The highest BCUT2D eigenvalue weighted by Gasteiger charge is 2.41. The summed E-state index contributed by atoms with van der Waals surface area (Å²) >= 11 is 1.51. The van der Waals surface area contributed by atoms with Crippen LogP contribution in [0, 0.1) is 0 Å². The molecule has 5 rings (SSSR count). The van der Waals surface area contributed by atoms with Crippen molar-refractivity contribution >= 4 is 66.6 Å². The molecule has 202 valence electrons. The Balaban J connectivity index is 0.00000160. The van der Waals surface area contributed by atoms with Gasteiger partial charge in [-0.3, -0.25) is 9.20 Å². The molecule has 10 heteroatoms. The summed E-state index contributed by atoms with van der Waals surface area (Å²) in [6.45, 7) is 9.78. The number of pyridine rings is 1. The molecule has 2 aliphatic rings. The fraction of sp³-hybridized carbons (Fsp3) is 0.407. The van der Waals surface area contributed by atoms with Gasteiger partial charge in [-0.05, 0) is 44.9 Å². The first-order valence-corrected chi connectivity index (χ1v) is 13.1. The summed E-state index contributed by atoms with van der Waals surface area (Å²) in [6.07, 6.45) is 5.85. The highest BCUT2D eigenvalue weighted by Crippen LogP contribution is 2.34. The summed E-state index contributed by atoms with van der Waals surface area (Å²) in [6, 6.07) is 18.0. The van der Waals surface area contributed by atoms with Crippen LogP contribution in [0.2, 0.25) is 0 Å². The van der Waals surface area contributed by atoms with Gasteiger partial charge in [0, 0.05) is 25.2 Å². The normalized spacial score (nSPS) is 22.2. The number of hydrogen-bond acceptors (Lipinski definition) is 4. The Morgan fingerprint density at radius 3 is 2.51 bits per heavy atom. The van der Waals surface area contributed by atoms with Crippen molar-refractivity contribution in [1.82, 2.24) is 20.0 Å². The standard InChI is InChI=1S/C27H33N5OS.3ClH/c1-20-16-28-17-21(2)32(20,19-22-9-4-3-5-10-22)14-7-6-13-29-27(33)24-15-23-18-30-25-11-8-12-26(34-24)31(23)25;;;/h3-5,8-12,15,18,20-21,28H,6-7,13-14,16-17,19H2,1-2H3;3*1H/p+1/t20-,21+,32?;;;. The first kappa shape index (κ1) is 31.5. The molecule has 1 aromatic carbocycles. The Labute approximate surface area is 242 Å². The highest BCUT2D eigenvalue weighted by molar-refractivity contribution is 8.04. The van der Waals surface area contributed by atoms with E-state index < -0.39 is 0 Å². The van der Waals surface area contributed by atoms with Crippen molar-refractivity contribution in [3.05, 3.63) is 70.9 Å². The largest absolute Gasteiger partial charge is 0.352 e. The second-order valence-corrected chi connectivity index (χ2v) is 10.7. The maximum absolute atomic E-state index is 12.9. The fourth-order valence-electron chi connectivity index (χ4n) is 5.47. The van der Waals surface area contributed by atoms with Gasteiger partial charge in [-0.25, -0.2) is 4.98 Å². The molecule has 1 fully saturated rings. The van der Waals surface area contributed by atoms with E-state index in [4.69, 9.17) is 0 Å². The summed E-state index contributed by atoms with van der Waals surface area (Å²) in [5.74, 6) is 0.00606. The number of benzene rings is 1. The molecule has 0 bridgehead atoms. The lowest BCUT2D eigenvalue weighted by molar-refractivity contribution is -0.984. The lowest BCUT2D eigenvalue weighted by Gasteiger charge is -2.51.